The SMILES string of the molecule is COc1cc(CCCCl)ccc1CCOCCNC(=O)c1ccc(CNC(=O)CCOCCOCCn2cc(COCCO)nn2)cc1. The lowest BCUT2D eigenvalue weighted by Crippen LogP contribution is -2.27. The van der Waals surface area contributed by atoms with Gasteiger partial charge in [0.15, 0.2) is 0 Å². The van der Waals surface area contributed by atoms with Crippen LogP contribution >= 0.6 is 11.6 Å². The smallest absolute Gasteiger partial charge is 0.251 e. The highest BCUT2D eigenvalue weighted by atomic mass is 35.5. The number of methoxy groups -OCH3 is 1. The van der Waals surface area contributed by atoms with Crippen molar-refractivity contribution in [2.45, 2.75) is 45.4 Å². The number of amides is 2. The van der Waals surface area contributed by atoms with Crippen LogP contribution < -0.4 is 15.4 Å². The molecular formula is C34H48ClN5O8. The molecule has 0 atom stereocenters. The molecule has 0 radical (unpaired) electrons. The molecule has 0 unspecified atom stereocenters. The molecule has 0 saturated carbocycles. The third-order valence-corrected chi connectivity index (χ3v) is 7.35. The van der Waals surface area contributed by atoms with Crippen LogP contribution in [0.5, 0.6) is 5.75 Å². The zero-order valence-corrected chi connectivity index (χ0v) is 28.4. The van der Waals surface area contributed by atoms with Gasteiger partial charge in [0.25, 0.3) is 5.91 Å². The fourth-order valence-corrected chi connectivity index (χ4v) is 4.64. The van der Waals surface area contributed by atoms with E-state index >= 15 is 0 Å². The second-order valence-electron chi connectivity index (χ2n) is 10.8. The van der Waals surface area contributed by atoms with Gasteiger partial charge in [-0.05, 0) is 54.2 Å². The normalized spacial score (nSPS) is 11.1. The molecule has 264 valence electrons. The number of nitrogens with one attached hydrogen (secondary N) is 2. The molecule has 0 saturated heterocycles. The van der Waals surface area contributed by atoms with Gasteiger partial charge in [-0.3, -0.25) is 9.59 Å². The minimum absolute atomic E-state index is 0.0315. The Kier molecular flexibility index (Phi) is 19.2. The number of halogens is 1. The molecule has 3 rings (SSSR count). The van der Waals surface area contributed by atoms with Gasteiger partial charge in [0.05, 0.1) is 79.3 Å². The Morgan fingerprint density at radius 3 is 2.42 bits per heavy atom. The van der Waals surface area contributed by atoms with Gasteiger partial charge in [0, 0.05) is 31.0 Å². The number of hydrogen-bond donors (Lipinski definition) is 3. The van der Waals surface area contributed by atoms with E-state index in [4.69, 9.17) is 40.4 Å². The summed E-state index contributed by atoms with van der Waals surface area (Å²) in [6.07, 6.45) is 4.57. The van der Waals surface area contributed by atoms with Crippen molar-refractivity contribution in [2.24, 2.45) is 0 Å². The summed E-state index contributed by atoms with van der Waals surface area (Å²) >= 11 is 5.80. The minimum atomic E-state index is -0.183. The summed E-state index contributed by atoms with van der Waals surface area (Å²) in [7, 11) is 1.67. The number of aliphatic hydroxyl groups excluding tert-OH is 1. The van der Waals surface area contributed by atoms with Crippen LogP contribution in [0, 0.1) is 0 Å². The van der Waals surface area contributed by atoms with Gasteiger partial charge in [0.1, 0.15) is 11.4 Å². The molecule has 0 spiro atoms. The highest BCUT2D eigenvalue weighted by Crippen LogP contribution is 2.22. The van der Waals surface area contributed by atoms with Gasteiger partial charge in [-0.25, -0.2) is 4.68 Å². The maximum absolute atomic E-state index is 12.5. The summed E-state index contributed by atoms with van der Waals surface area (Å²) in [5, 5.41) is 22.4. The number of carbonyl (C=O) groups is 2. The molecule has 0 fully saturated rings. The molecule has 14 heteroatoms. The van der Waals surface area contributed by atoms with Crippen LogP contribution in [0.2, 0.25) is 0 Å². The van der Waals surface area contributed by atoms with E-state index in [1.54, 1.807) is 30.1 Å². The monoisotopic (exact) mass is 689 g/mol. The average molecular weight is 690 g/mol. The number of carbonyl (C=O) groups excluding carboxylic acids is 2. The zero-order valence-electron chi connectivity index (χ0n) is 27.7. The summed E-state index contributed by atoms with van der Waals surface area (Å²) < 4.78 is 29.1. The van der Waals surface area contributed by atoms with Gasteiger partial charge in [-0.1, -0.05) is 29.5 Å². The van der Waals surface area contributed by atoms with Gasteiger partial charge in [-0.2, -0.15) is 0 Å². The maximum atomic E-state index is 12.5. The number of rotatable bonds is 26. The summed E-state index contributed by atoms with van der Waals surface area (Å²) in [6.45, 7) is 4.25. The van der Waals surface area contributed by atoms with Gasteiger partial charge in [0.2, 0.25) is 5.91 Å². The third-order valence-electron chi connectivity index (χ3n) is 7.09. The van der Waals surface area contributed by atoms with Crippen molar-refractivity contribution in [3.8, 4) is 5.75 Å². The number of nitrogens with zero attached hydrogens (tertiary/aromatic N) is 3. The predicted molar refractivity (Wildman–Crippen MR) is 180 cm³/mol. The average Bonchev–Trinajstić information content (AvgIpc) is 3.56. The van der Waals surface area contributed by atoms with Crippen LogP contribution in [0.25, 0.3) is 0 Å². The van der Waals surface area contributed by atoms with Gasteiger partial charge in [-0.15, -0.1) is 16.7 Å². The zero-order chi connectivity index (χ0) is 34.2. The Labute approximate surface area is 287 Å². The van der Waals surface area contributed by atoms with E-state index < -0.39 is 0 Å². The van der Waals surface area contributed by atoms with Crippen molar-refractivity contribution < 1.29 is 38.4 Å². The summed E-state index contributed by atoms with van der Waals surface area (Å²) in [5.74, 6) is 1.18. The first-order chi connectivity index (χ1) is 23.5. The van der Waals surface area contributed by atoms with E-state index in [0.29, 0.717) is 82.8 Å². The van der Waals surface area contributed by atoms with E-state index in [1.165, 1.54) is 5.56 Å². The van der Waals surface area contributed by atoms with Crippen LogP contribution in [0.15, 0.2) is 48.7 Å². The Bertz CT molecular complexity index is 1340. The molecule has 0 aliphatic rings. The maximum Gasteiger partial charge on any atom is 0.251 e. The molecular weight excluding hydrogens is 642 g/mol. The molecule has 1 aromatic heterocycles. The molecule has 2 amide bonds. The second-order valence-corrected chi connectivity index (χ2v) is 11.1. The number of alkyl halides is 1. The lowest BCUT2D eigenvalue weighted by atomic mass is 10.0. The van der Waals surface area contributed by atoms with Crippen LogP contribution in [-0.2, 0) is 56.3 Å². The summed E-state index contributed by atoms with van der Waals surface area (Å²) in [4.78, 5) is 24.7. The van der Waals surface area contributed by atoms with E-state index in [9.17, 15) is 9.59 Å². The fraction of sp³-hybridized carbons (Fsp3) is 0.529. The Morgan fingerprint density at radius 2 is 1.65 bits per heavy atom. The van der Waals surface area contributed by atoms with Crippen molar-refractivity contribution in [1.82, 2.24) is 25.6 Å². The number of ether oxygens (including phenoxy) is 5. The quantitative estimate of drug-likeness (QED) is 0.0847. The largest absolute Gasteiger partial charge is 0.496 e. The Hall–Kier alpha value is -3.59. The highest BCUT2D eigenvalue weighted by Gasteiger charge is 2.08. The minimum Gasteiger partial charge on any atom is -0.496 e. The lowest BCUT2D eigenvalue weighted by molar-refractivity contribution is -0.122. The Morgan fingerprint density at radius 1 is 0.875 bits per heavy atom. The molecule has 0 aliphatic carbocycles. The lowest BCUT2D eigenvalue weighted by Gasteiger charge is -2.11. The van der Waals surface area contributed by atoms with Crippen LogP contribution in [-0.4, -0.2) is 104 Å². The first kappa shape index (κ1) is 38.9. The van der Waals surface area contributed by atoms with E-state index in [-0.39, 0.29) is 38.1 Å². The van der Waals surface area contributed by atoms with Crippen LogP contribution in [0.4, 0.5) is 0 Å². The fourth-order valence-electron chi connectivity index (χ4n) is 4.51. The Balaban J connectivity index is 1.18. The van der Waals surface area contributed by atoms with Crippen molar-refractivity contribution >= 4 is 23.4 Å². The number of aromatic nitrogens is 3. The van der Waals surface area contributed by atoms with Gasteiger partial charge >= 0.3 is 0 Å². The van der Waals surface area contributed by atoms with Crippen molar-refractivity contribution in [3.63, 3.8) is 0 Å². The summed E-state index contributed by atoms with van der Waals surface area (Å²) in [5.41, 5.74) is 4.39. The molecule has 0 bridgehead atoms. The third kappa shape index (κ3) is 15.5. The first-order valence-electron chi connectivity index (χ1n) is 16.2. The molecule has 48 heavy (non-hydrogen) atoms. The molecule has 3 N–H and O–H groups in total. The molecule has 2 aromatic carbocycles. The van der Waals surface area contributed by atoms with Crippen LogP contribution in [0.1, 0.15) is 45.6 Å². The van der Waals surface area contributed by atoms with Crippen molar-refractivity contribution in [3.05, 3.63) is 76.6 Å². The standard InChI is InChI=1S/C34H48ClN5O8/c1-44-32-23-27(3-2-12-35)4-7-29(32)10-16-45-18-13-36-34(43)30-8-5-28(6-9-30)24-37-33(42)11-17-46-21-22-47-19-14-40-25-31(38-39-40)26-48-20-15-41/h4-9,23,25,41H,2-3,10-22,24,26H2,1H3,(H,36,43)(H,37,42). The van der Waals surface area contributed by atoms with E-state index in [0.717, 1.165) is 29.7 Å². The molecule has 1 heterocycles. The van der Waals surface area contributed by atoms with Gasteiger partial charge < -0.3 is 39.4 Å². The van der Waals surface area contributed by atoms with Crippen LogP contribution in [0.3, 0.4) is 0 Å². The first-order valence-corrected chi connectivity index (χ1v) is 16.7. The topological polar surface area (TPSA) is 155 Å². The number of aliphatic hydroxyl groups is 1. The molecule has 13 nitrogen and oxygen atoms in total. The summed E-state index contributed by atoms with van der Waals surface area (Å²) in [6, 6.07) is 13.3. The molecule has 3 aromatic rings. The number of hydrogen-bond acceptors (Lipinski definition) is 10. The van der Waals surface area contributed by atoms with Crippen molar-refractivity contribution in [1.29, 1.82) is 0 Å². The second kappa shape index (κ2) is 23.7. The van der Waals surface area contributed by atoms with Crippen molar-refractivity contribution in [2.75, 3.05) is 72.4 Å². The number of benzene rings is 2. The molecule has 0 aliphatic heterocycles. The predicted octanol–water partition coefficient (Wildman–Crippen LogP) is 2.70. The number of aryl methyl sites for hydroxylation is 1. The highest BCUT2D eigenvalue weighted by molar-refractivity contribution is 6.17. The van der Waals surface area contributed by atoms with E-state index in [2.05, 4.69) is 39.1 Å². The van der Waals surface area contributed by atoms with E-state index in [1.807, 2.05) is 12.1 Å².